The van der Waals surface area contributed by atoms with Gasteiger partial charge in [-0.3, -0.25) is 19.0 Å². The molecule has 0 unspecified atom stereocenters. The Balaban J connectivity index is 1.85. The van der Waals surface area contributed by atoms with E-state index in [1.165, 1.54) is 0 Å². The van der Waals surface area contributed by atoms with Crippen LogP contribution in [0.4, 0.5) is 0 Å². The molecule has 1 aliphatic heterocycles. The number of carbonyl (C=O) groups is 2. The highest BCUT2D eigenvalue weighted by atomic mass is 31.2. The first-order valence-electron chi connectivity index (χ1n) is 6.05. The molecule has 1 heterocycles. The number of hydrogen-bond acceptors (Lipinski definition) is 4. The highest BCUT2D eigenvalue weighted by Gasteiger charge is 2.36. The number of carbonyl (C=O) groups excluding carboxylic acids is 2. The van der Waals surface area contributed by atoms with Crippen molar-refractivity contribution < 1.29 is 28.8 Å². The second kappa shape index (κ2) is 5.85. The Bertz CT molecular complexity index is 546. The lowest BCUT2D eigenvalue weighted by Crippen LogP contribution is -2.30. The van der Waals surface area contributed by atoms with Crippen molar-refractivity contribution in [3.63, 3.8) is 0 Å². The second-order valence-corrected chi connectivity index (χ2v) is 6.16. The summed E-state index contributed by atoms with van der Waals surface area (Å²) in [6.45, 7) is 0.0471. The fourth-order valence-corrected chi connectivity index (χ4v) is 2.50. The summed E-state index contributed by atoms with van der Waals surface area (Å²) in [5.41, 5.74) is 0.598. The van der Waals surface area contributed by atoms with Crippen LogP contribution in [-0.2, 0) is 9.40 Å². The molecule has 7 nitrogen and oxygen atoms in total. The molecule has 0 saturated carbocycles. The number of hydroxylamine groups is 2. The first kappa shape index (κ1) is 14.9. The van der Waals surface area contributed by atoms with Crippen LogP contribution in [0.25, 0.3) is 0 Å². The zero-order valence-electron chi connectivity index (χ0n) is 10.6. The summed E-state index contributed by atoms with van der Waals surface area (Å²) in [5.74, 6) is -1.03. The summed E-state index contributed by atoms with van der Waals surface area (Å²) >= 11 is 0. The monoisotopic (exact) mass is 299 g/mol. The van der Waals surface area contributed by atoms with Crippen LogP contribution in [0.1, 0.15) is 33.6 Å². The van der Waals surface area contributed by atoms with E-state index in [1.807, 2.05) is 0 Å². The molecule has 0 spiro atoms. The molecule has 1 aromatic rings. The molecule has 2 amide bonds. The summed E-state index contributed by atoms with van der Waals surface area (Å²) < 4.78 is 10.6. The van der Waals surface area contributed by atoms with Gasteiger partial charge >= 0.3 is 7.60 Å². The van der Waals surface area contributed by atoms with Crippen molar-refractivity contribution in [2.45, 2.75) is 12.8 Å². The third-order valence-electron chi connectivity index (χ3n) is 2.82. The molecule has 0 bridgehead atoms. The van der Waals surface area contributed by atoms with Gasteiger partial charge in [-0.05, 0) is 25.0 Å². The molecule has 8 heteroatoms. The maximum Gasteiger partial charge on any atom is 0.325 e. The van der Waals surface area contributed by atoms with Gasteiger partial charge in [-0.25, -0.2) is 0 Å². The third kappa shape index (κ3) is 3.32. The number of rotatable bonds is 6. The minimum absolute atomic E-state index is 0.0471. The number of hydrogen-bond donors (Lipinski definition) is 2. The first-order valence-corrected chi connectivity index (χ1v) is 7.85. The molecule has 0 atom stereocenters. The largest absolute Gasteiger partial charge is 0.325 e. The van der Waals surface area contributed by atoms with Crippen LogP contribution in [0, 0.1) is 0 Å². The lowest BCUT2D eigenvalue weighted by atomic mass is 10.1. The van der Waals surface area contributed by atoms with Gasteiger partial charge in [-0.2, -0.15) is 0 Å². The quantitative estimate of drug-likeness (QED) is 0.464. The molecule has 0 aromatic heterocycles. The fourth-order valence-electron chi connectivity index (χ4n) is 1.86. The third-order valence-corrected chi connectivity index (χ3v) is 3.72. The first-order chi connectivity index (χ1) is 9.40. The van der Waals surface area contributed by atoms with E-state index >= 15 is 0 Å². The van der Waals surface area contributed by atoms with E-state index in [1.54, 1.807) is 24.3 Å². The van der Waals surface area contributed by atoms with Crippen molar-refractivity contribution >= 4 is 19.4 Å². The number of fused-ring (bicyclic) bond motifs is 1. The fraction of sp³-hybridized carbons (Fsp3) is 0.333. The molecule has 0 saturated heterocycles. The van der Waals surface area contributed by atoms with E-state index in [0.717, 1.165) is 0 Å². The van der Waals surface area contributed by atoms with E-state index in [-0.39, 0.29) is 19.2 Å². The van der Waals surface area contributed by atoms with Gasteiger partial charge in [0, 0.05) is 6.16 Å². The molecule has 108 valence electrons. The van der Waals surface area contributed by atoms with Crippen molar-refractivity contribution in [1.82, 2.24) is 5.06 Å². The highest BCUT2D eigenvalue weighted by Crippen LogP contribution is 2.35. The maximum absolute atomic E-state index is 11.9. The predicted molar refractivity (Wildman–Crippen MR) is 69.0 cm³/mol. The minimum atomic E-state index is -4.01. The van der Waals surface area contributed by atoms with Gasteiger partial charge in [-0.1, -0.05) is 12.1 Å². The molecule has 0 radical (unpaired) electrons. The van der Waals surface area contributed by atoms with Gasteiger partial charge in [0.05, 0.1) is 17.7 Å². The van der Waals surface area contributed by atoms with Crippen molar-refractivity contribution in [3.05, 3.63) is 35.4 Å². The molecule has 0 fully saturated rings. The van der Waals surface area contributed by atoms with Gasteiger partial charge in [0.15, 0.2) is 0 Å². The number of nitrogens with zero attached hydrogens (tertiary/aromatic N) is 1. The lowest BCUT2D eigenvalue weighted by molar-refractivity contribution is -0.0920. The van der Waals surface area contributed by atoms with E-state index in [0.29, 0.717) is 22.6 Å². The molecular weight excluding hydrogens is 285 g/mol. The van der Waals surface area contributed by atoms with Crippen LogP contribution in [-0.4, -0.2) is 39.4 Å². The summed E-state index contributed by atoms with van der Waals surface area (Å²) in [4.78, 5) is 46.2. The number of amides is 2. The van der Waals surface area contributed by atoms with Crippen molar-refractivity contribution in [1.29, 1.82) is 0 Å². The predicted octanol–water partition coefficient (Wildman–Crippen LogP) is 1.17. The van der Waals surface area contributed by atoms with Crippen molar-refractivity contribution in [3.8, 4) is 0 Å². The van der Waals surface area contributed by atoms with Gasteiger partial charge in [0.25, 0.3) is 11.8 Å². The summed E-state index contributed by atoms with van der Waals surface area (Å²) in [6, 6.07) is 6.42. The van der Waals surface area contributed by atoms with Crippen molar-refractivity contribution in [2.24, 2.45) is 0 Å². The molecule has 0 aliphatic carbocycles. The average Bonchev–Trinajstić information content (AvgIpc) is 2.62. The highest BCUT2D eigenvalue weighted by molar-refractivity contribution is 7.51. The number of unbranched alkanes of at least 4 members (excludes halogenated alkanes) is 1. The molecule has 2 rings (SSSR count). The van der Waals surface area contributed by atoms with E-state index < -0.39 is 19.4 Å². The molecular formula is C12H14NO6P. The van der Waals surface area contributed by atoms with Crippen LogP contribution in [0.3, 0.4) is 0 Å². The minimum Gasteiger partial charge on any atom is -0.324 e. The molecule has 2 N–H and O–H groups in total. The van der Waals surface area contributed by atoms with Gasteiger partial charge < -0.3 is 9.79 Å². The Labute approximate surface area is 115 Å². The van der Waals surface area contributed by atoms with Crippen LogP contribution < -0.4 is 0 Å². The topological polar surface area (TPSA) is 104 Å². The molecule has 20 heavy (non-hydrogen) atoms. The summed E-state index contributed by atoms with van der Waals surface area (Å²) in [6.07, 6.45) is 0.366. The zero-order valence-corrected chi connectivity index (χ0v) is 11.5. The van der Waals surface area contributed by atoms with Gasteiger partial charge in [-0.15, -0.1) is 5.06 Å². The van der Waals surface area contributed by atoms with E-state index in [9.17, 15) is 14.2 Å². The van der Waals surface area contributed by atoms with Gasteiger partial charge in [0.2, 0.25) is 0 Å². The second-order valence-electron chi connectivity index (χ2n) is 4.38. The van der Waals surface area contributed by atoms with Crippen molar-refractivity contribution in [2.75, 3.05) is 12.8 Å². The average molecular weight is 299 g/mol. The van der Waals surface area contributed by atoms with Crippen LogP contribution >= 0.6 is 7.60 Å². The molecule has 1 aliphatic rings. The Morgan fingerprint density at radius 1 is 1.05 bits per heavy atom. The Kier molecular flexibility index (Phi) is 4.35. The van der Waals surface area contributed by atoms with Gasteiger partial charge in [0.1, 0.15) is 0 Å². The van der Waals surface area contributed by atoms with Crippen LogP contribution in [0.15, 0.2) is 24.3 Å². The molecule has 1 aromatic carbocycles. The van der Waals surface area contributed by atoms with Crippen LogP contribution in [0.5, 0.6) is 0 Å². The standard InChI is InChI=1S/C12H14NO6P/c14-11-9-5-1-2-6-10(9)12(15)13(11)19-7-3-4-8-20(16,17)18/h1-2,5-6H,3-4,7-8H2,(H2,16,17,18). The smallest absolute Gasteiger partial charge is 0.324 e. The maximum atomic E-state index is 11.9. The van der Waals surface area contributed by atoms with E-state index in [4.69, 9.17) is 14.6 Å². The number of imide groups is 1. The normalized spacial score (nSPS) is 14.8. The SMILES string of the molecule is O=C1c2ccccc2C(=O)N1OCCCCP(=O)(O)O. The Morgan fingerprint density at radius 2 is 1.60 bits per heavy atom. The summed E-state index contributed by atoms with van der Waals surface area (Å²) in [5, 5.41) is 0.697. The summed E-state index contributed by atoms with van der Waals surface area (Å²) in [7, 11) is -4.01. The Hall–Kier alpha value is -1.53. The lowest BCUT2D eigenvalue weighted by Gasteiger charge is -2.13. The van der Waals surface area contributed by atoms with Crippen LogP contribution in [0.2, 0.25) is 0 Å². The Morgan fingerprint density at radius 3 is 2.10 bits per heavy atom. The van der Waals surface area contributed by atoms with E-state index in [2.05, 4.69) is 0 Å². The zero-order chi connectivity index (χ0) is 14.8. The number of benzene rings is 1.